The van der Waals surface area contributed by atoms with Crippen molar-refractivity contribution in [1.29, 1.82) is 0 Å². The Kier molecular flexibility index (Phi) is 5.59. The van der Waals surface area contributed by atoms with Crippen LogP contribution in [0.1, 0.15) is 6.42 Å². The minimum absolute atomic E-state index is 0.0378. The molecule has 98 valence electrons. The van der Waals surface area contributed by atoms with E-state index in [1.165, 1.54) is 24.3 Å². The first kappa shape index (κ1) is 13.9. The number of rotatable bonds is 7. The Morgan fingerprint density at radius 3 is 2.56 bits per heavy atom. The molecule has 1 aromatic carbocycles. The van der Waals surface area contributed by atoms with Crippen LogP contribution in [0.25, 0.3) is 0 Å². The maximum atomic E-state index is 12.6. The lowest BCUT2D eigenvalue weighted by Gasteiger charge is -2.06. The van der Waals surface area contributed by atoms with Gasteiger partial charge in [-0.25, -0.2) is 9.87 Å². The molecule has 0 bridgehead atoms. The first-order chi connectivity index (χ1) is 8.58. The third kappa shape index (κ3) is 5.80. The number of benzene rings is 1. The zero-order chi connectivity index (χ0) is 13.4. The number of nitrogens with two attached hydrogens (primary N) is 1. The van der Waals surface area contributed by atoms with E-state index in [2.05, 4.69) is 4.84 Å². The van der Waals surface area contributed by atoms with Crippen LogP contribution >= 0.6 is 0 Å². The van der Waals surface area contributed by atoms with Crippen LogP contribution in [0.15, 0.2) is 24.3 Å². The van der Waals surface area contributed by atoms with E-state index >= 15 is 0 Å². The molecule has 1 aromatic rings. The number of hydrogen-bond donors (Lipinski definition) is 2. The van der Waals surface area contributed by atoms with Gasteiger partial charge in [-0.05, 0) is 24.3 Å². The number of hydrogen-bond acceptors (Lipinski definition) is 4. The van der Waals surface area contributed by atoms with Gasteiger partial charge >= 0.3 is 0 Å². The Bertz CT molecular complexity index is 408. The van der Waals surface area contributed by atoms with E-state index in [1.807, 2.05) is 5.48 Å². The molecule has 0 saturated heterocycles. The van der Waals surface area contributed by atoms with E-state index in [4.69, 9.17) is 10.5 Å². The van der Waals surface area contributed by atoms with Crippen molar-refractivity contribution in [2.24, 2.45) is 5.73 Å². The lowest BCUT2D eigenvalue weighted by Crippen LogP contribution is -2.30. The summed E-state index contributed by atoms with van der Waals surface area (Å²) in [6.07, 6.45) is 0.0378. The van der Waals surface area contributed by atoms with Gasteiger partial charge in [0.2, 0.25) is 11.8 Å². The monoisotopic (exact) mass is 256 g/mol. The third-order valence-electron chi connectivity index (χ3n) is 1.81. The quantitative estimate of drug-likeness (QED) is 0.678. The Morgan fingerprint density at radius 1 is 1.28 bits per heavy atom. The van der Waals surface area contributed by atoms with Crippen LogP contribution < -0.4 is 16.0 Å². The molecule has 0 radical (unpaired) electrons. The zero-order valence-electron chi connectivity index (χ0n) is 9.52. The van der Waals surface area contributed by atoms with Gasteiger partial charge in [-0.15, -0.1) is 0 Å². The topological polar surface area (TPSA) is 90.7 Å². The second-order valence-corrected chi connectivity index (χ2v) is 3.33. The molecular weight excluding hydrogens is 243 g/mol. The minimum atomic E-state index is -0.683. The van der Waals surface area contributed by atoms with Crippen molar-refractivity contribution in [1.82, 2.24) is 5.48 Å². The Labute approximate surface area is 103 Å². The summed E-state index contributed by atoms with van der Waals surface area (Å²) in [4.78, 5) is 25.9. The maximum absolute atomic E-state index is 12.6. The SMILES string of the molecule is NC(=O)CONC(=O)CCOc1ccc(F)cc1. The highest BCUT2D eigenvalue weighted by atomic mass is 19.1. The minimum Gasteiger partial charge on any atom is -0.493 e. The molecule has 3 N–H and O–H groups in total. The fourth-order valence-electron chi connectivity index (χ4n) is 1.03. The summed E-state index contributed by atoms with van der Waals surface area (Å²) in [6, 6.07) is 5.42. The molecule has 0 aliphatic rings. The van der Waals surface area contributed by atoms with Crippen molar-refractivity contribution in [2.45, 2.75) is 6.42 Å². The number of carbonyl (C=O) groups excluding carboxylic acids is 2. The number of carbonyl (C=O) groups is 2. The molecule has 0 aromatic heterocycles. The molecule has 0 unspecified atom stereocenters. The second kappa shape index (κ2) is 7.23. The van der Waals surface area contributed by atoms with Gasteiger partial charge in [0, 0.05) is 0 Å². The highest BCUT2D eigenvalue weighted by Crippen LogP contribution is 2.10. The highest BCUT2D eigenvalue weighted by Gasteiger charge is 2.03. The number of amides is 2. The fraction of sp³-hybridized carbons (Fsp3) is 0.273. The molecule has 18 heavy (non-hydrogen) atoms. The van der Waals surface area contributed by atoms with Crippen LogP contribution in [0.5, 0.6) is 5.75 Å². The lowest BCUT2D eigenvalue weighted by atomic mass is 10.3. The average molecular weight is 256 g/mol. The number of hydroxylamine groups is 1. The third-order valence-corrected chi connectivity index (χ3v) is 1.81. The smallest absolute Gasteiger partial charge is 0.246 e. The molecule has 0 spiro atoms. The molecule has 0 saturated carbocycles. The van der Waals surface area contributed by atoms with Gasteiger partial charge in [0.15, 0.2) is 6.61 Å². The molecule has 0 heterocycles. The molecule has 2 amide bonds. The number of primary amides is 1. The first-order valence-corrected chi connectivity index (χ1v) is 5.15. The summed E-state index contributed by atoms with van der Waals surface area (Å²) in [5.74, 6) is -1.03. The van der Waals surface area contributed by atoms with E-state index in [0.29, 0.717) is 5.75 Å². The van der Waals surface area contributed by atoms with Crippen molar-refractivity contribution in [3.63, 3.8) is 0 Å². The van der Waals surface area contributed by atoms with Gasteiger partial charge in [-0.2, -0.15) is 0 Å². The summed E-state index contributed by atoms with van der Waals surface area (Å²) in [5.41, 5.74) is 6.83. The molecule has 1 rings (SSSR count). The van der Waals surface area contributed by atoms with E-state index in [-0.39, 0.29) is 25.5 Å². The van der Waals surface area contributed by atoms with Crippen molar-refractivity contribution >= 4 is 11.8 Å². The van der Waals surface area contributed by atoms with Gasteiger partial charge in [0.1, 0.15) is 11.6 Å². The maximum Gasteiger partial charge on any atom is 0.246 e. The Hall–Kier alpha value is -2.15. The predicted molar refractivity (Wildman–Crippen MR) is 59.8 cm³/mol. The molecule has 6 nitrogen and oxygen atoms in total. The average Bonchev–Trinajstić information content (AvgIpc) is 2.31. The van der Waals surface area contributed by atoms with E-state index in [1.54, 1.807) is 0 Å². The molecular formula is C11H13FN2O4. The van der Waals surface area contributed by atoms with E-state index < -0.39 is 11.8 Å². The second-order valence-electron chi connectivity index (χ2n) is 3.33. The Balaban J connectivity index is 2.15. The van der Waals surface area contributed by atoms with Crippen molar-refractivity contribution in [3.8, 4) is 5.75 Å². The van der Waals surface area contributed by atoms with Gasteiger partial charge in [0.25, 0.3) is 0 Å². The molecule has 0 fully saturated rings. The van der Waals surface area contributed by atoms with Crippen molar-refractivity contribution in [2.75, 3.05) is 13.2 Å². The van der Waals surface area contributed by atoms with E-state index in [0.717, 1.165) is 0 Å². The lowest BCUT2D eigenvalue weighted by molar-refractivity contribution is -0.138. The summed E-state index contributed by atoms with van der Waals surface area (Å²) in [7, 11) is 0. The van der Waals surface area contributed by atoms with E-state index in [9.17, 15) is 14.0 Å². The summed E-state index contributed by atoms with van der Waals surface area (Å²) >= 11 is 0. The van der Waals surface area contributed by atoms with Crippen LogP contribution in [0.3, 0.4) is 0 Å². The number of ether oxygens (including phenoxy) is 1. The molecule has 0 atom stereocenters. The summed E-state index contributed by atoms with van der Waals surface area (Å²) in [6.45, 7) is -0.276. The predicted octanol–water partition coefficient (Wildman–Crippen LogP) is 0.128. The standard InChI is InChI=1S/C11H13FN2O4/c12-8-1-3-9(4-2-8)17-6-5-11(16)14-18-7-10(13)15/h1-4H,5-7H2,(H2,13,15)(H,14,16). The summed E-state index contributed by atoms with van der Waals surface area (Å²) in [5, 5.41) is 0. The van der Waals surface area contributed by atoms with Crippen molar-refractivity contribution < 1.29 is 23.6 Å². The Morgan fingerprint density at radius 2 is 1.94 bits per heavy atom. The number of nitrogens with one attached hydrogen (secondary N) is 1. The summed E-state index contributed by atoms with van der Waals surface area (Å²) < 4.78 is 17.8. The van der Waals surface area contributed by atoms with Crippen LogP contribution in [-0.2, 0) is 14.4 Å². The van der Waals surface area contributed by atoms with Gasteiger partial charge in [0.05, 0.1) is 13.0 Å². The normalized spacial score (nSPS) is 9.83. The largest absolute Gasteiger partial charge is 0.493 e. The number of halogens is 1. The van der Waals surface area contributed by atoms with Crippen molar-refractivity contribution in [3.05, 3.63) is 30.1 Å². The molecule has 0 aliphatic heterocycles. The zero-order valence-corrected chi connectivity index (χ0v) is 9.52. The molecule has 7 heteroatoms. The van der Waals surface area contributed by atoms with Gasteiger partial charge in [-0.1, -0.05) is 0 Å². The van der Waals surface area contributed by atoms with Crippen LogP contribution in [0.2, 0.25) is 0 Å². The van der Waals surface area contributed by atoms with Crippen LogP contribution in [0, 0.1) is 5.82 Å². The fourth-order valence-corrected chi connectivity index (χ4v) is 1.03. The first-order valence-electron chi connectivity index (χ1n) is 5.15. The van der Waals surface area contributed by atoms with Gasteiger partial charge in [-0.3, -0.25) is 14.4 Å². The van der Waals surface area contributed by atoms with Crippen LogP contribution in [-0.4, -0.2) is 25.0 Å². The van der Waals surface area contributed by atoms with Gasteiger partial charge < -0.3 is 10.5 Å². The molecule has 0 aliphatic carbocycles. The highest BCUT2D eigenvalue weighted by molar-refractivity contribution is 5.76. The van der Waals surface area contributed by atoms with Crippen LogP contribution in [0.4, 0.5) is 4.39 Å².